The molecule has 1 N–H and O–H groups in total. The van der Waals surface area contributed by atoms with Crippen LogP contribution in [0.25, 0.3) is 0 Å². The summed E-state index contributed by atoms with van der Waals surface area (Å²) in [5, 5.41) is 3.90. The minimum Gasteiger partial charge on any atom is -0.497 e. The lowest BCUT2D eigenvalue weighted by Crippen LogP contribution is -2.16. The first-order chi connectivity index (χ1) is 13.0. The van der Waals surface area contributed by atoms with Crippen LogP contribution in [-0.2, 0) is 0 Å². The quantitative estimate of drug-likeness (QED) is 0.515. The topological polar surface area (TPSA) is 38.3 Å². The molecule has 1 atom stereocenters. The second-order valence-electron chi connectivity index (χ2n) is 6.11. The van der Waals surface area contributed by atoms with Gasteiger partial charge in [-0.1, -0.05) is 23.7 Å². The van der Waals surface area contributed by atoms with Gasteiger partial charge in [0.15, 0.2) is 5.78 Å². The first-order valence-electron chi connectivity index (χ1n) is 8.50. The van der Waals surface area contributed by atoms with Crippen LogP contribution in [0.2, 0.25) is 5.02 Å². The summed E-state index contributed by atoms with van der Waals surface area (Å²) in [7, 11) is 1.60. The Hall–Kier alpha value is -2.85. The first kappa shape index (κ1) is 18.9. The van der Waals surface area contributed by atoms with Gasteiger partial charge in [-0.25, -0.2) is 4.39 Å². The molecule has 27 heavy (non-hydrogen) atoms. The van der Waals surface area contributed by atoms with Gasteiger partial charge in [0.2, 0.25) is 0 Å². The highest BCUT2D eigenvalue weighted by molar-refractivity contribution is 6.30. The zero-order valence-corrected chi connectivity index (χ0v) is 15.5. The summed E-state index contributed by atoms with van der Waals surface area (Å²) in [5.41, 5.74) is 2.27. The van der Waals surface area contributed by atoms with E-state index in [1.807, 2.05) is 24.3 Å². The van der Waals surface area contributed by atoms with E-state index in [1.165, 1.54) is 12.1 Å². The molecule has 0 radical (unpaired) electrons. The largest absolute Gasteiger partial charge is 0.497 e. The van der Waals surface area contributed by atoms with Gasteiger partial charge >= 0.3 is 0 Å². The molecule has 0 aliphatic heterocycles. The highest BCUT2D eigenvalue weighted by Crippen LogP contribution is 2.26. The third-order valence-electron chi connectivity index (χ3n) is 4.26. The fourth-order valence-corrected chi connectivity index (χ4v) is 2.90. The zero-order chi connectivity index (χ0) is 19.2. The molecule has 0 bridgehead atoms. The molecule has 3 rings (SSSR count). The number of anilines is 1. The first-order valence-corrected chi connectivity index (χ1v) is 8.88. The number of methoxy groups -OCH3 is 1. The van der Waals surface area contributed by atoms with E-state index < -0.39 is 0 Å². The van der Waals surface area contributed by atoms with Crippen molar-refractivity contribution in [3.8, 4) is 5.75 Å². The predicted molar refractivity (Wildman–Crippen MR) is 106 cm³/mol. The van der Waals surface area contributed by atoms with Crippen LogP contribution in [0.15, 0.2) is 72.8 Å². The summed E-state index contributed by atoms with van der Waals surface area (Å²) >= 11 is 5.90. The second-order valence-corrected chi connectivity index (χ2v) is 6.55. The van der Waals surface area contributed by atoms with Gasteiger partial charge in [0.1, 0.15) is 11.6 Å². The normalized spacial score (nSPS) is 11.7. The van der Waals surface area contributed by atoms with Gasteiger partial charge in [-0.2, -0.15) is 0 Å². The fourth-order valence-electron chi connectivity index (χ4n) is 2.77. The number of carbonyl (C=O) groups excluding carboxylic acids is 1. The number of ketones is 1. The predicted octanol–water partition coefficient (Wildman–Crippen LogP) is 5.91. The summed E-state index contributed by atoms with van der Waals surface area (Å²) in [6, 6.07) is 20.1. The van der Waals surface area contributed by atoms with E-state index in [0.717, 1.165) is 17.0 Å². The summed E-state index contributed by atoms with van der Waals surface area (Å²) in [4.78, 5) is 12.7. The Morgan fingerprint density at radius 3 is 2.22 bits per heavy atom. The van der Waals surface area contributed by atoms with Crippen LogP contribution in [0.4, 0.5) is 10.1 Å². The van der Waals surface area contributed by atoms with Crippen LogP contribution in [-0.4, -0.2) is 12.9 Å². The zero-order valence-electron chi connectivity index (χ0n) is 14.8. The van der Waals surface area contributed by atoms with Gasteiger partial charge in [0.25, 0.3) is 0 Å². The summed E-state index contributed by atoms with van der Waals surface area (Å²) in [6.45, 7) is 0. The number of hydrogen-bond donors (Lipinski definition) is 1. The Kier molecular flexibility index (Phi) is 6.09. The fraction of sp³-hybridized carbons (Fsp3) is 0.136. The minimum absolute atomic E-state index is 0.0119. The lowest BCUT2D eigenvalue weighted by molar-refractivity contribution is 0.0976. The molecule has 0 aliphatic carbocycles. The molecule has 3 nitrogen and oxygen atoms in total. The van der Waals surface area contributed by atoms with E-state index >= 15 is 0 Å². The number of halogens is 2. The number of carbonyl (C=O) groups is 1. The van der Waals surface area contributed by atoms with Gasteiger partial charge in [0.05, 0.1) is 13.2 Å². The number of hydrogen-bond acceptors (Lipinski definition) is 3. The van der Waals surface area contributed by atoms with Crippen molar-refractivity contribution in [1.82, 2.24) is 0 Å². The van der Waals surface area contributed by atoms with Crippen LogP contribution in [0.5, 0.6) is 5.75 Å². The Balaban J connectivity index is 1.84. The molecule has 1 unspecified atom stereocenters. The molecule has 0 aromatic heterocycles. The number of ether oxygens (including phenoxy) is 1. The molecule has 0 heterocycles. The van der Waals surface area contributed by atoms with Crippen molar-refractivity contribution in [3.63, 3.8) is 0 Å². The Morgan fingerprint density at radius 2 is 1.63 bits per heavy atom. The Labute approximate surface area is 162 Å². The van der Waals surface area contributed by atoms with Crippen LogP contribution >= 0.6 is 11.6 Å². The van der Waals surface area contributed by atoms with E-state index in [4.69, 9.17) is 16.3 Å². The lowest BCUT2D eigenvalue weighted by atomic mass is 9.97. The molecule has 5 heteroatoms. The van der Waals surface area contributed by atoms with Crippen molar-refractivity contribution in [2.45, 2.75) is 12.5 Å². The summed E-state index contributed by atoms with van der Waals surface area (Å²) in [5.74, 6) is 0.421. The highest BCUT2D eigenvalue weighted by Gasteiger charge is 2.18. The number of rotatable bonds is 7. The van der Waals surface area contributed by atoms with Gasteiger partial charge in [-0.15, -0.1) is 0 Å². The molecular weight excluding hydrogens is 365 g/mol. The number of nitrogens with one attached hydrogen (secondary N) is 1. The van der Waals surface area contributed by atoms with Gasteiger partial charge in [-0.05, 0) is 66.2 Å². The molecular formula is C22H19ClFNO2. The average Bonchev–Trinajstić information content (AvgIpc) is 2.69. The third-order valence-corrected chi connectivity index (χ3v) is 4.51. The molecule has 0 amide bonds. The van der Waals surface area contributed by atoms with E-state index in [9.17, 15) is 9.18 Å². The minimum atomic E-state index is -0.307. The molecule has 3 aromatic carbocycles. The number of benzene rings is 3. The van der Waals surface area contributed by atoms with E-state index in [-0.39, 0.29) is 24.1 Å². The van der Waals surface area contributed by atoms with Crippen LogP contribution in [0.1, 0.15) is 28.4 Å². The van der Waals surface area contributed by atoms with Crippen molar-refractivity contribution in [3.05, 3.63) is 94.8 Å². The van der Waals surface area contributed by atoms with Gasteiger partial charge < -0.3 is 10.1 Å². The van der Waals surface area contributed by atoms with Gasteiger partial charge in [-0.3, -0.25) is 4.79 Å². The maximum atomic E-state index is 13.2. The van der Waals surface area contributed by atoms with E-state index in [2.05, 4.69) is 5.32 Å². The molecule has 0 spiro atoms. The molecule has 3 aromatic rings. The van der Waals surface area contributed by atoms with Crippen molar-refractivity contribution in [2.75, 3.05) is 12.4 Å². The maximum absolute atomic E-state index is 13.2. The van der Waals surface area contributed by atoms with Crippen molar-refractivity contribution in [1.29, 1.82) is 0 Å². The van der Waals surface area contributed by atoms with E-state index in [0.29, 0.717) is 10.6 Å². The smallest absolute Gasteiger partial charge is 0.165 e. The van der Waals surface area contributed by atoms with Crippen molar-refractivity contribution in [2.24, 2.45) is 0 Å². The third kappa shape index (κ3) is 5.08. The van der Waals surface area contributed by atoms with Crippen LogP contribution in [0.3, 0.4) is 0 Å². The second kappa shape index (κ2) is 8.69. The summed E-state index contributed by atoms with van der Waals surface area (Å²) < 4.78 is 18.4. The standard InChI is InChI=1S/C22H19ClFNO2/c1-27-20-12-4-15(5-13-20)21(25-19-10-8-18(24)9-11-19)14-22(26)16-2-6-17(23)7-3-16/h2-13,21,25H,14H2,1H3. The Morgan fingerprint density at radius 1 is 1.00 bits per heavy atom. The Bertz CT molecular complexity index is 893. The lowest BCUT2D eigenvalue weighted by Gasteiger charge is -2.20. The highest BCUT2D eigenvalue weighted by atomic mass is 35.5. The SMILES string of the molecule is COc1ccc(C(CC(=O)c2ccc(Cl)cc2)Nc2ccc(F)cc2)cc1. The van der Waals surface area contributed by atoms with Crippen LogP contribution in [0, 0.1) is 5.82 Å². The number of Topliss-reactive ketones (excluding diaryl/α,β-unsaturated/α-hetero) is 1. The molecule has 0 fully saturated rings. The monoisotopic (exact) mass is 383 g/mol. The van der Waals surface area contributed by atoms with Crippen molar-refractivity contribution >= 4 is 23.1 Å². The van der Waals surface area contributed by atoms with E-state index in [1.54, 1.807) is 43.5 Å². The van der Waals surface area contributed by atoms with Gasteiger partial charge in [0, 0.05) is 22.7 Å². The van der Waals surface area contributed by atoms with Crippen LogP contribution < -0.4 is 10.1 Å². The average molecular weight is 384 g/mol. The summed E-state index contributed by atoms with van der Waals surface area (Å²) in [6.07, 6.45) is 0.241. The molecule has 0 saturated heterocycles. The maximum Gasteiger partial charge on any atom is 0.165 e. The molecule has 0 saturated carbocycles. The molecule has 138 valence electrons. The van der Waals surface area contributed by atoms with Crippen molar-refractivity contribution < 1.29 is 13.9 Å². The molecule has 0 aliphatic rings.